The van der Waals surface area contributed by atoms with Gasteiger partial charge in [-0.1, -0.05) is 36.5 Å². The van der Waals surface area contributed by atoms with Crippen LogP contribution in [0.3, 0.4) is 0 Å². The van der Waals surface area contributed by atoms with Gasteiger partial charge in [0, 0.05) is 12.1 Å². The monoisotopic (exact) mass is 295 g/mol. The Balaban J connectivity index is 2.45. The number of aliphatic hydroxyl groups is 1. The molecule has 0 bridgehead atoms. The minimum absolute atomic E-state index is 0.381. The molecule has 1 unspecified atom stereocenters. The molecule has 0 aliphatic carbocycles. The summed E-state index contributed by atoms with van der Waals surface area (Å²) in [4.78, 5) is 4.70. The number of benzene rings is 1. The number of rotatable bonds is 8. The van der Waals surface area contributed by atoms with Crippen LogP contribution in [0.25, 0.3) is 0 Å². The Morgan fingerprint density at radius 1 is 1.20 bits per heavy atom. The fourth-order valence-electron chi connectivity index (χ4n) is 2.02. The zero-order valence-corrected chi connectivity index (χ0v) is 13.4. The molecule has 0 aliphatic rings. The lowest BCUT2D eigenvalue weighted by Crippen LogP contribution is -2.28. The van der Waals surface area contributed by atoms with Gasteiger partial charge >= 0.3 is 0 Å². The Morgan fingerprint density at radius 2 is 1.80 bits per heavy atom. The largest absolute Gasteiger partial charge is 0.389 e. The summed E-state index contributed by atoms with van der Waals surface area (Å²) in [6.45, 7) is 2.66. The maximum atomic E-state index is 10.2. The van der Waals surface area contributed by atoms with E-state index < -0.39 is 6.10 Å². The topological polar surface area (TPSA) is 52.7 Å². The third-order valence-corrected chi connectivity index (χ3v) is 3.45. The van der Waals surface area contributed by atoms with Gasteiger partial charge in [0.05, 0.1) is 6.10 Å². The molecule has 5 heteroatoms. The predicted octanol–water partition coefficient (Wildman–Crippen LogP) is 1.24. The van der Waals surface area contributed by atoms with E-state index in [2.05, 4.69) is 23.9 Å². The summed E-state index contributed by atoms with van der Waals surface area (Å²) in [5.74, 6) is 0. The van der Waals surface area contributed by atoms with Crippen LogP contribution in [0.1, 0.15) is 23.7 Å². The first kappa shape index (κ1) is 17.0. The molecule has 3 N–H and O–H groups in total. The second kappa shape index (κ2) is 8.32. The molecule has 0 heterocycles. The first-order valence-electron chi connectivity index (χ1n) is 6.81. The highest BCUT2D eigenvalue weighted by molar-refractivity contribution is 7.80. The summed E-state index contributed by atoms with van der Waals surface area (Å²) in [5, 5.41) is 10.2. The molecule has 0 amide bonds. The fraction of sp³-hybridized carbons (Fsp3) is 0.533. The van der Waals surface area contributed by atoms with Gasteiger partial charge in [-0.3, -0.25) is 0 Å². The first-order valence-corrected chi connectivity index (χ1v) is 7.22. The van der Waals surface area contributed by atoms with E-state index in [0.29, 0.717) is 11.5 Å². The van der Waals surface area contributed by atoms with E-state index >= 15 is 0 Å². The molecule has 0 aliphatic heterocycles. The van der Waals surface area contributed by atoms with Crippen molar-refractivity contribution in [1.82, 2.24) is 9.80 Å². The first-order chi connectivity index (χ1) is 9.40. The molecule has 0 aromatic heterocycles. The molecule has 1 rings (SSSR count). The van der Waals surface area contributed by atoms with Crippen molar-refractivity contribution in [2.45, 2.75) is 12.5 Å². The highest BCUT2D eigenvalue weighted by atomic mass is 32.1. The van der Waals surface area contributed by atoms with Crippen molar-refractivity contribution in [3.05, 3.63) is 35.4 Å². The molecule has 1 atom stereocenters. The number of thiocarbonyl (C=S) groups is 1. The van der Waals surface area contributed by atoms with Gasteiger partial charge in [0.2, 0.25) is 0 Å². The van der Waals surface area contributed by atoms with Crippen molar-refractivity contribution >= 4 is 17.2 Å². The van der Waals surface area contributed by atoms with Crippen LogP contribution in [0.4, 0.5) is 0 Å². The quantitative estimate of drug-likeness (QED) is 0.707. The average Bonchev–Trinajstić information content (AvgIpc) is 2.38. The lowest BCUT2D eigenvalue weighted by atomic mass is 10.1. The minimum Gasteiger partial charge on any atom is -0.389 e. The van der Waals surface area contributed by atoms with E-state index in [0.717, 1.165) is 30.6 Å². The van der Waals surface area contributed by atoms with Crippen LogP contribution >= 0.6 is 12.2 Å². The molecular formula is C15H25N3OS. The molecular weight excluding hydrogens is 270 g/mol. The van der Waals surface area contributed by atoms with E-state index in [-0.39, 0.29) is 0 Å². The highest BCUT2D eigenvalue weighted by Crippen LogP contribution is 2.15. The molecule has 0 spiro atoms. The summed E-state index contributed by atoms with van der Waals surface area (Å²) < 4.78 is 0. The van der Waals surface area contributed by atoms with Gasteiger partial charge < -0.3 is 20.6 Å². The molecule has 0 saturated heterocycles. The summed E-state index contributed by atoms with van der Waals surface area (Å²) >= 11 is 4.91. The lowest BCUT2D eigenvalue weighted by Gasteiger charge is -2.21. The Kier molecular flexibility index (Phi) is 7.09. The van der Waals surface area contributed by atoms with Crippen molar-refractivity contribution in [1.29, 1.82) is 0 Å². The SMILES string of the molecule is CN(C)CCCN(C)CC(O)c1ccc(C(N)=S)cc1. The van der Waals surface area contributed by atoms with Crippen LogP contribution in [0.5, 0.6) is 0 Å². The normalized spacial score (nSPS) is 12.9. The summed E-state index contributed by atoms with van der Waals surface area (Å²) in [7, 11) is 6.17. The Hall–Kier alpha value is -1.01. The van der Waals surface area contributed by atoms with E-state index in [4.69, 9.17) is 18.0 Å². The summed E-state index contributed by atoms with van der Waals surface area (Å²) in [5.41, 5.74) is 7.28. The van der Waals surface area contributed by atoms with Crippen molar-refractivity contribution < 1.29 is 5.11 Å². The van der Waals surface area contributed by atoms with Gasteiger partial charge in [-0.25, -0.2) is 0 Å². The number of likely N-dealkylation sites (N-methyl/N-ethyl adjacent to an activating group) is 1. The number of aliphatic hydroxyl groups excluding tert-OH is 1. The third kappa shape index (κ3) is 5.96. The van der Waals surface area contributed by atoms with Crippen molar-refractivity contribution in [3.8, 4) is 0 Å². The van der Waals surface area contributed by atoms with E-state index in [1.165, 1.54) is 0 Å². The van der Waals surface area contributed by atoms with Crippen LogP contribution < -0.4 is 5.73 Å². The van der Waals surface area contributed by atoms with Gasteiger partial charge in [0.25, 0.3) is 0 Å². The molecule has 1 aromatic rings. The maximum Gasteiger partial charge on any atom is 0.103 e. The van der Waals surface area contributed by atoms with Crippen LogP contribution in [0.15, 0.2) is 24.3 Å². The zero-order chi connectivity index (χ0) is 15.1. The molecule has 0 radical (unpaired) electrons. The van der Waals surface area contributed by atoms with Crippen molar-refractivity contribution in [3.63, 3.8) is 0 Å². The number of nitrogens with zero attached hydrogens (tertiary/aromatic N) is 2. The van der Waals surface area contributed by atoms with Crippen molar-refractivity contribution in [2.75, 3.05) is 40.8 Å². The Morgan fingerprint density at radius 3 is 2.30 bits per heavy atom. The zero-order valence-electron chi connectivity index (χ0n) is 12.5. The van der Waals surface area contributed by atoms with Crippen LogP contribution in [-0.4, -0.2) is 60.7 Å². The number of hydrogen-bond acceptors (Lipinski definition) is 4. The number of hydrogen-bond donors (Lipinski definition) is 2. The molecule has 1 aromatic carbocycles. The van der Waals surface area contributed by atoms with Gasteiger partial charge in [0.1, 0.15) is 4.99 Å². The standard InChI is InChI=1S/C15H25N3OS/c1-17(2)9-4-10-18(3)11-14(19)12-5-7-13(8-6-12)15(16)20/h5-8,14,19H,4,9-11H2,1-3H3,(H2,16,20). The molecule has 20 heavy (non-hydrogen) atoms. The summed E-state index contributed by atoms with van der Waals surface area (Å²) in [6.07, 6.45) is 0.608. The van der Waals surface area contributed by atoms with Crippen LogP contribution in [-0.2, 0) is 0 Å². The third-order valence-electron chi connectivity index (χ3n) is 3.21. The molecule has 0 fully saturated rings. The smallest absolute Gasteiger partial charge is 0.103 e. The second-order valence-electron chi connectivity index (χ2n) is 5.42. The predicted molar refractivity (Wildman–Crippen MR) is 88.0 cm³/mol. The lowest BCUT2D eigenvalue weighted by molar-refractivity contribution is 0.125. The van der Waals surface area contributed by atoms with Gasteiger partial charge in [-0.2, -0.15) is 0 Å². The fourth-order valence-corrected chi connectivity index (χ4v) is 2.15. The molecule has 112 valence electrons. The average molecular weight is 295 g/mol. The number of nitrogens with two attached hydrogens (primary N) is 1. The van der Waals surface area contributed by atoms with E-state index in [9.17, 15) is 5.11 Å². The van der Waals surface area contributed by atoms with Gasteiger partial charge in [-0.15, -0.1) is 0 Å². The molecule has 4 nitrogen and oxygen atoms in total. The van der Waals surface area contributed by atoms with Crippen molar-refractivity contribution in [2.24, 2.45) is 5.73 Å². The van der Waals surface area contributed by atoms with Gasteiger partial charge in [0.15, 0.2) is 0 Å². The van der Waals surface area contributed by atoms with E-state index in [1.54, 1.807) is 0 Å². The minimum atomic E-state index is -0.486. The highest BCUT2D eigenvalue weighted by Gasteiger charge is 2.11. The molecule has 0 saturated carbocycles. The summed E-state index contributed by atoms with van der Waals surface area (Å²) in [6, 6.07) is 7.47. The maximum absolute atomic E-state index is 10.2. The van der Waals surface area contributed by atoms with Crippen LogP contribution in [0.2, 0.25) is 0 Å². The van der Waals surface area contributed by atoms with Gasteiger partial charge in [-0.05, 0) is 46.2 Å². The van der Waals surface area contributed by atoms with E-state index in [1.807, 2.05) is 31.3 Å². The Bertz CT molecular complexity index is 420. The Labute approximate surface area is 127 Å². The van der Waals surface area contributed by atoms with Crippen LogP contribution in [0, 0.1) is 0 Å². The second-order valence-corrected chi connectivity index (χ2v) is 5.86.